The lowest BCUT2D eigenvalue weighted by molar-refractivity contribution is 0.0690. The second kappa shape index (κ2) is 5.52. The summed E-state index contributed by atoms with van der Waals surface area (Å²) in [6, 6.07) is 1.80. The molecule has 1 aromatic rings. The van der Waals surface area contributed by atoms with Crippen molar-refractivity contribution in [3.63, 3.8) is 0 Å². The Morgan fingerprint density at radius 1 is 1.45 bits per heavy atom. The Labute approximate surface area is 119 Å². The normalized spacial score (nSPS) is 22.8. The van der Waals surface area contributed by atoms with E-state index in [2.05, 4.69) is 16.8 Å². The number of fused-ring (bicyclic) bond motifs is 1. The molecule has 0 unspecified atom stereocenters. The smallest absolute Gasteiger partial charge is 0.354 e. The molecule has 2 heterocycles. The summed E-state index contributed by atoms with van der Waals surface area (Å²) in [6.07, 6.45) is 5.65. The number of rotatable bonds is 3. The monoisotopic (exact) mass is 274 g/mol. The van der Waals surface area contributed by atoms with Crippen LogP contribution in [0.3, 0.4) is 0 Å². The minimum Gasteiger partial charge on any atom is -0.477 e. The van der Waals surface area contributed by atoms with Crippen LogP contribution in [0.4, 0.5) is 0 Å². The highest BCUT2D eigenvalue weighted by molar-refractivity contribution is 5.85. The van der Waals surface area contributed by atoms with Gasteiger partial charge in [0.25, 0.3) is 0 Å². The average molecular weight is 274 g/mol. The highest BCUT2D eigenvalue weighted by atomic mass is 16.4. The zero-order valence-electron chi connectivity index (χ0n) is 12.1. The molecule has 0 amide bonds. The minimum absolute atomic E-state index is 0.214. The minimum atomic E-state index is -0.909. The highest BCUT2D eigenvalue weighted by Crippen LogP contribution is 2.27. The number of aromatic nitrogens is 1. The molecule has 1 atom stereocenters. The third-order valence-electron chi connectivity index (χ3n) is 4.50. The van der Waals surface area contributed by atoms with Crippen molar-refractivity contribution in [2.45, 2.75) is 45.6 Å². The number of hydrogen-bond acceptors (Lipinski definition) is 3. The van der Waals surface area contributed by atoms with Gasteiger partial charge >= 0.3 is 5.97 Å². The van der Waals surface area contributed by atoms with Crippen molar-refractivity contribution >= 4 is 5.97 Å². The zero-order valence-corrected chi connectivity index (χ0v) is 12.1. The number of aromatic carboxylic acids is 1. The Morgan fingerprint density at radius 3 is 3.05 bits per heavy atom. The van der Waals surface area contributed by atoms with Gasteiger partial charge in [0.15, 0.2) is 0 Å². The Kier molecular flexibility index (Phi) is 3.74. The SMILES string of the molecule is C[C@H]1CCCN(Cc2cc(C(=O)O)nc3c2CCC3)C1. The summed E-state index contributed by atoms with van der Waals surface area (Å²) < 4.78 is 0. The fourth-order valence-corrected chi connectivity index (χ4v) is 3.55. The molecular formula is C16H22N2O2. The maximum atomic E-state index is 11.2. The molecule has 4 heteroatoms. The van der Waals surface area contributed by atoms with E-state index < -0.39 is 5.97 Å². The van der Waals surface area contributed by atoms with Crippen LogP contribution in [0, 0.1) is 5.92 Å². The predicted molar refractivity (Wildman–Crippen MR) is 76.9 cm³/mol. The van der Waals surface area contributed by atoms with Gasteiger partial charge in [-0.25, -0.2) is 9.78 Å². The predicted octanol–water partition coefficient (Wildman–Crippen LogP) is 2.50. The van der Waals surface area contributed by atoms with Crippen LogP contribution in [0.15, 0.2) is 6.07 Å². The fraction of sp³-hybridized carbons (Fsp3) is 0.625. The van der Waals surface area contributed by atoms with Gasteiger partial charge in [-0.15, -0.1) is 0 Å². The van der Waals surface area contributed by atoms with Crippen LogP contribution in [0.25, 0.3) is 0 Å². The number of aryl methyl sites for hydroxylation is 1. The zero-order chi connectivity index (χ0) is 14.1. The molecule has 4 nitrogen and oxygen atoms in total. The van der Waals surface area contributed by atoms with Gasteiger partial charge in [-0.3, -0.25) is 4.90 Å². The third kappa shape index (κ3) is 2.70. The second-order valence-electron chi connectivity index (χ2n) is 6.23. The van der Waals surface area contributed by atoms with Crippen LogP contribution < -0.4 is 0 Å². The van der Waals surface area contributed by atoms with E-state index in [0.29, 0.717) is 0 Å². The summed E-state index contributed by atoms with van der Waals surface area (Å²) in [5, 5.41) is 9.21. The number of piperidine rings is 1. The van der Waals surface area contributed by atoms with E-state index in [1.165, 1.54) is 24.0 Å². The summed E-state index contributed by atoms with van der Waals surface area (Å²) in [5.74, 6) is -0.162. The Morgan fingerprint density at radius 2 is 2.30 bits per heavy atom. The fourth-order valence-electron chi connectivity index (χ4n) is 3.55. The number of nitrogens with zero attached hydrogens (tertiary/aromatic N) is 2. The molecule has 0 radical (unpaired) electrons. The average Bonchev–Trinajstić information content (AvgIpc) is 2.87. The van der Waals surface area contributed by atoms with Gasteiger partial charge in [0, 0.05) is 18.8 Å². The van der Waals surface area contributed by atoms with Crippen molar-refractivity contribution in [3.05, 3.63) is 28.6 Å². The van der Waals surface area contributed by atoms with Crippen molar-refractivity contribution in [1.29, 1.82) is 0 Å². The molecule has 108 valence electrons. The standard InChI is InChI=1S/C16H22N2O2/c1-11-4-3-7-18(9-11)10-12-8-15(16(19)20)17-14-6-2-5-13(12)14/h8,11H,2-7,9-10H2,1H3,(H,19,20)/t11-/m0/s1. The first kappa shape index (κ1) is 13.6. The maximum absolute atomic E-state index is 11.2. The molecule has 0 aromatic carbocycles. The first-order valence-electron chi connectivity index (χ1n) is 7.61. The van der Waals surface area contributed by atoms with Crippen LogP contribution in [0.5, 0.6) is 0 Å². The lowest BCUT2D eigenvalue weighted by Gasteiger charge is -2.31. The molecule has 0 bridgehead atoms. The number of carboxylic acids is 1. The van der Waals surface area contributed by atoms with E-state index >= 15 is 0 Å². The van der Waals surface area contributed by atoms with E-state index in [0.717, 1.165) is 50.5 Å². The van der Waals surface area contributed by atoms with Crippen molar-refractivity contribution in [3.8, 4) is 0 Å². The van der Waals surface area contributed by atoms with Gasteiger partial charge in [-0.2, -0.15) is 0 Å². The van der Waals surface area contributed by atoms with E-state index in [9.17, 15) is 9.90 Å². The van der Waals surface area contributed by atoms with Gasteiger partial charge in [-0.05, 0) is 61.8 Å². The van der Waals surface area contributed by atoms with Crippen LogP contribution in [-0.2, 0) is 19.4 Å². The lowest BCUT2D eigenvalue weighted by atomic mass is 9.98. The Hall–Kier alpha value is -1.42. The summed E-state index contributed by atoms with van der Waals surface area (Å²) in [6.45, 7) is 5.44. The molecular weight excluding hydrogens is 252 g/mol. The van der Waals surface area contributed by atoms with E-state index in [4.69, 9.17) is 0 Å². The maximum Gasteiger partial charge on any atom is 0.354 e. The number of pyridine rings is 1. The molecule has 1 saturated heterocycles. The van der Waals surface area contributed by atoms with Crippen molar-refractivity contribution in [2.75, 3.05) is 13.1 Å². The van der Waals surface area contributed by atoms with E-state index in [-0.39, 0.29) is 5.69 Å². The van der Waals surface area contributed by atoms with Crippen LogP contribution in [0.1, 0.15) is 53.5 Å². The molecule has 20 heavy (non-hydrogen) atoms. The van der Waals surface area contributed by atoms with Crippen LogP contribution in [-0.4, -0.2) is 34.0 Å². The molecule has 3 rings (SSSR count). The third-order valence-corrected chi connectivity index (χ3v) is 4.50. The number of likely N-dealkylation sites (tertiary alicyclic amines) is 1. The Balaban J connectivity index is 1.86. The van der Waals surface area contributed by atoms with E-state index in [1.54, 1.807) is 6.07 Å². The number of hydrogen-bond donors (Lipinski definition) is 1. The van der Waals surface area contributed by atoms with Gasteiger partial charge in [0.05, 0.1) is 0 Å². The van der Waals surface area contributed by atoms with Crippen molar-refractivity contribution < 1.29 is 9.90 Å². The summed E-state index contributed by atoms with van der Waals surface area (Å²) in [5.41, 5.74) is 3.74. The number of carbonyl (C=O) groups is 1. The largest absolute Gasteiger partial charge is 0.477 e. The quantitative estimate of drug-likeness (QED) is 0.920. The molecule has 1 aliphatic heterocycles. The van der Waals surface area contributed by atoms with E-state index in [1.807, 2.05) is 0 Å². The summed E-state index contributed by atoms with van der Waals surface area (Å²) in [4.78, 5) is 18.0. The molecule has 1 aliphatic carbocycles. The van der Waals surface area contributed by atoms with Gasteiger partial charge in [-0.1, -0.05) is 6.92 Å². The summed E-state index contributed by atoms with van der Waals surface area (Å²) >= 11 is 0. The van der Waals surface area contributed by atoms with Crippen molar-refractivity contribution in [2.24, 2.45) is 5.92 Å². The molecule has 1 aromatic heterocycles. The molecule has 1 N–H and O–H groups in total. The summed E-state index contributed by atoms with van der Waals surface area (Å²) in [7, 11) is 0. The molecule has 1 fully saturated rings. The second-order valence-corrected chi connectivity index (χ2v) is 6.23. The number of carboxylic acid groups (broad SMARTS) is 1. The molecule has 0 saturated carbocycles. The topological polar surface area (TPSA) is 53.4 Å². The first-order chi connectivity index (χ1) is 9.63. The van der Waals surface area contributed by atoms with Crippen LogP contribution >= 0.6 is 0 Å². The highest BCUT2D eigenvalue weighted by Gasteiger charge is 2.23. The van der Waals surface area contributed by atoms with Gasteiger partial charge in [0.2, 0.25) is 0 Å². The van der Waals surface area contributed by atoms with Gasteiger partial charge < -0.3 is 5.11 Å². The van der Waals surface area contributed by atoms with Crippen molar-refractivity contribution in [1.82, 2.24) is 9.88 Å². The van der Waals surface area contributed by atoms with Gasteiger partial charge in [0.1, 0.15) is 5.69 Å². The van der Waals surface area contributed by atoms with Crippen LogP contribution in [0.2, 0.25) is 0 Å². The molecule has 0 spiro atoms. The lowest BCUT2D eigenvalue weighted by Crippen LogP contribution is -2.34. The molecule has 2 aliphatic rings. The Bertz CT molecular complexity index is 527. The first-order valence-corrected chi connectivity index (χ1v) is 7.61.